The summed E-state index contributed by atoms with van der Waals surface area (Å²) in [5.74, 6) is -1.22. The van der Waals surface area contributed by atoms with E-state index in [0.717, 1.165) is 6.26 Å². The fourth-order valence-electron chi connectivity index (χ4n) is 3.94. The molecule has 1 aromatic rings. The summed E-state index contributed by atoms with van der Waals surface area (Å²) < 4.78 is 64.1. The van der Waals surface area contributed by atoms with Gasteiger partial charge in [0.15, 0.2) is 9.84 Å². The van der Waals surface area contributed by atoms with E-state index in [1.165, 1.54) is 22.5 Å². The molecule has 1 aromatic carbocycles. The van der Waals surface area contributed by atoms with Crippen LogP contribution in [0.25, 0.3) is 0 Å². The Hall–Kier alpha value is -1.52. The molecule has 28 heavy (non-hydrogen) atoms. The van der Waals surface area contributed by atoms with Crippen molar-refractivity contribution in [1.29, 1.82) is 0 Å². The SMILES string of the molecule is CS(=O)(=O)N1CCC(C(=O)N2CCC(c3ccccc3F)S(=O)(=O)CC2)CC1. The number of carbonyl (C=O) groups is 1. The molecule has 2 heterocycles. The number of hydrogen-bond donors (Lipinski definition) is 0. The summed E-state index contributed by atoms with van der Waals surface area (Å²) in [6.07, 6.45) is 2.15. The lowest BCUT2D eigenvalue weighted by Crippen LogP contribution is -2.44. The van der Waals surface area contributed by atoms with Crippen LogP contribution >= 0.6 is 0 Å². The third-order valence-electron chi connectivity index (χ3n) is 5.58. The quantitative estimate of drug-likeness (QED) is 0.715. The molecule has 0 spiro atoms. The van der Waals surface area contributed by atoms with Gasteiger partial charge >= 0.3 is 0 Å². The third kappa shape index (κ3) is 4.55. The van der Waals surface area contributed by atoms with E-state index < -0.39 is 30.9 Å². The Bertz CT molecular complexity index is 940. The van der Waals surface area contributed by atoms with E-state index in [-0.39, 0.29) is 42.7 Å². The first-order valence-corrected chi connectivity index (χ1v) is 12.9. The number of benzene rings is 1. The molecule has 156 valence electrons. The average Bonchev–Trinajstić information content (AvgIpc) is 2.79. The third-order valence-corrected chi connectivity index (χ3v) is 8.99. The number of sulfone groups is 1. The van der Waals surface area contributed by atoms with Crippen LogP contribution in [0.15, 0.2) is 24.3 Å². The zero-order valence-corrected chi connectivity index (χ0v) is 17.4. The van der Waals surface area contributed by atoms with Crippen LogP contribution < -0.4 is 0 Å². The van der Waals surface area contributed by atoms with Crippen LogP contribution in [0.5, 0.6) is 0 Å². The highest BCUT2D eigenvalue weighted by molar-refractivity contribution is 7.91. The van der Waals surface area contributed by atoms with Crippen LogP contribution in [0.3, 0.4) is 0 Å². The van der Waals surface area contributed by atoms with Gasteiger partial charge in [-0.25, -0.2) is 25.5 Å². The van der Waals surface area contributed by atoms with Crippen molar-refractivity contribution in [3.8, 4) is 0 Å². The smallest absolute Gasteiger partial charge is 0.225 e. The molecule has 3 rings (SSSR count). The van der Waals surface area contributed by atoms with Gasteiger partial charge < -0.3 is 4.90 Å². The van der Waals surface area contributed by atoms with Crippen molar-refractivity contribution in [2.24, 2.45) is 5.92 Å². The van der Waals surface area contributed by atoms with E-state index in [1.54, 1.807) is 11.0 Å². The van der Waals surface area contributed by atoms with Gasteiger partial charge in [-0.1, -0.05) is 18.2 Å². The molecule has 0 N–H and O–H groups in total. The summed E-state index contributed by atoms with van der Waals surface area (Å²) in [4.78, 5) is 14.4. The van der Waals surface area contributed by atoms with Crippen molar-refractivity contribution in [3.63, 3.8) is 0 Å². The molecule has 0 aromatic heterocycles. The van der Waals surface area contributed by atoms with Crippen molar-refractivity contribution >= 4 is 25.8 Å². The number of piperidine rings is 1. The van der Waals surface area contributed by atoms with Crippen molar-refractivity contribution in [2.75, 3.05) is 38.2 Å². The molecule has 0 aliphatic carbocycles. The summed E-state index contributed by atoms with van der Waals surface area (Å²) in [5, 5.41) is -0.960. The van der Waals surface area contributed by atoms with Crippen LogP contribution in [0.4, 0.5) is 4.39 Å². The van der Waals surface area contributed by atoms with Crippen molar-refractivity contribution in [1.82, 2.24) is 9.21 Å². The maximum atomic E-state index is 14.1. The molecule has 2 aliphatic heterocycles. The number of carbonyl (C=O) groups excluding carboxylic acids is 1. The Balaban J connectivity index is 1.69. The molecule has 1 unspecified atom stereocenters. The number of sulfonamides is 1. The van der Waals surface area contributed by atoms with E-state index in [0.29, 0.717) is 25.9 Å². The summed E-state index contributed by atoms with van der Waals surface area (Å²) in [5.41, 5.74) is 0.151. The predicted octanol–water partition coefficient (Wildman–Crippen LogP) is 1.19. The highest BCUT2D eigenvalue weighted by atomic mass is 32.2. The predicted molar refractivity (Wildman–Crippen MR) is 103 cm³/mol. The van der Waals surface area contributed by atoms with E-state index >= 15 is 0 Å². The molecule has 1 atom stereocenters. The largest absolute Gasteiger partial charge is 0.341 e. The summed E-state index contributed by atoms with van der Waals surface area (Å²) in [6.45, 7) is 0.903. The molecule has 0 bridgehead atoms. The van der Waals surface area contributed by atoms with Crippen molar-refractivity contribution in [3.05, 3.63) is 35.6 Å². The van der Waals surface area contributed by atoms with Gasteiger partial charge in [0, 0.05) is 37.7 Å². The van der Waals surface area contributed by atoms with Gasteiger partial charge in [0.2, 0.25) is 15.9 Å². The fraction of sp³-hybridized carbons (Fsp3) is 0.611. The molecule has 2 fully saturated rings. The number of nitrogens with zero attached hydrogens (tertiary/aromatic N) is 2. The Morgan fingerprint density at radius 1 is 1.07 bits per heavy atom. The Labute approximate surface area is 165 Å². The average molecular weight is 433 g/mol. The lowest BCUT2D eigenvalue weighted by atomic mass is 9.96. The molecule has 1 amide bonds. The molecule has 2 aliphatic rings. The second-order valence-electron chi connectivity index (χ2n) is 7.43. The van der Waals surface area contributed by atoms with Gasteiger partial charge in [0.05, 0.1) is 17.3 Å². The molecule has 0 saturated carbocycles. The lowest BCUT2D eigenvalue weighted by Gasteiger charge is -2.32. The summed E-state index contributed by atoms with van der Waals surface area (Å²) in [7, 11) is -6.85. The normalized spacial score (nSPS) is 24.6. The van der Waals surface area contributed by atoms with Crippen LogP contribution in [0.1, 0.15) is 30.1 Å². The number of halogens is 1. The molecule has 0 radical (unpaired) electrons. The first-order valence-electron chi connectivity index (χ1n) is 9.29. The minimum Gasteiger partial charge on any atom is -0.341 e. The maximum absolute atomic E-state index is 14.1. The fourth-order valence-corrected chi connectivity index (χ4v) is 6.62. The van der Waals surface area contributed by atoms with Gasteiger partial charge in [0.25, 0.3) is 0 Å². The molecule has 2 saturated heterocycles. The van der Waals surface area contributed by atoms with Crippen LogP contribution in [0.2, 0.25) is 0 Å². The Morgan fingerprint density at radius 3 is 2.32 bits per heavy atom. The Kier molecular flexibility index (Phi) is 6.11. The second-order valence-corrected chi connectivity index (χ2v) is 11.7. The number of amides is 1. The monoisotopic (exact) mass is 432 g/mol. The maximum Gasteiger partial charge on any atom is 0.225 e. The van der Waals surface area contributed by atoms with Gasteiger partial charge in [-0.05, 0) is 25.3 Å². The van der Waals surface area contributed by atoms with Crippen LogP contribution in [-0.2, 0) is 24.7 Å². The second kappa shape index (κ2) is 8.08. The van der Waals surface area contributed by atoms with E-state index in [2.05, 4.69) is 0 Å². The van der Waals surface area contributed by atoms with E-state index in [1.807, 2.05) is 0 Å². The Morgan fingerprint density at radius 2 is 1.71 bits per heavy atom. The zero-order chi connectivity index (χ0) is 20.5. The standard InChI is InChI=1S/C18H25FN2O5S2/c1-27(23,24)21-10-6-14(7-11-21)18(22)20-9-8-17(28(25,26)13-12-20)15-4-2-3-5-16(15)19/h2-5,14,17H,6-13H2,1H3. The summed E-state index contributed by atoms with van der Waals surface area (Å²) >= 11 is 0. The van der Waals surface area contributed by atoms with Crippen LogP contribution in [-0.4, -0.2) is 70.1 Å². The topological polar surface area (TPSA) is 91.8 Å². The first-order chi connectivity index (χ1) is 13.1. The molecule has 7 nitrogen and oxygen atoms in total. The number of rotatable bonds is 3. The van der Waals surface area contributed by atoms with Crippen molar-refractivity contribution < 1.29 is 26.0 Å². The van der Waals surface area contributed by atoms with Crippen LogP contribution in [0, 0.1) is 11.7 Å². The van der Waals surface area contributed by atoms with Gasteiger partial charge in [-0.3, -0.25) is 4.79 Å². The summed E-state index contributed by atoms with van der Waals surface area (Å²) in [6, 6.07) is 5.85. The zero-order valence-electron chi connectivity index (χ0n) is 15.8. The highest BCUT2D eigenvalue weighted by Gasteiger charge is 2.37. The first kappa shape index (κ1) is 21.2. The minimum atomic E-state index is -3.58. The van der Waals surface area contributed by atoms with Gasteiger partial charge in [-0.2, -0.15) is 0 Å². The van der Waals surface area contributed by atoms with E-state index in [9.17, 15) is 26.0 Å². The van der Waals surface area contributed by atoms with Gasteiger partial charge in [0.1, 0.15) is 5.82 Å². The highest BCUT2D eigenvalue weighted by Crippen LogP contribution is 2.32. The molecule has 10 heteroatoms. The number of hydrogen-bond acceptors (Lipinski definition) is 5. The minimum absolute atomic E-state index is 0.0818. The molecular formula is C18H25FN2O5S2. The molecular weight excluding hydrogens is 407 g/mol. The van der Waals surface area contributed by atoms with Gasteiger partial charge in [-0.15, -0.1) is 0 Å². The lowest BCUT2D eigenvalue weighted by molar-refractivity contribution is -0.136. The van der Waals surface area contributed by atoms with Crippen molar-refractivity contribution in [2.45, 2.75) is 24.5 Å². The van der Waals surface area contributed by atoms with E-state index in [4.69, 9.17) is 0 Å².